The summed E-state index contributed by atoms with van der Waals surface area (Å²) < 4.78 is 36.2. The molecule has 0 aliphatic heterocycles. The highest BCUT2D eigenvalue weighted by atomic mass is 79.9. The van der Waals surface area contributed by atoms with Crippen molar-refractivity contribution in [1.82, 2.24) is 5.32 Å². The summed E-state index contributed by atoms with van der Waals surface area (Å²) in [5, 5.41) is 13.5. The zero-order chi connectivity index (χ0) is 16.0. The molecule has 0 saturated carbocycles. The van der Waals surface area contributed by atoms with Gasteiger partial charge in [0.1, 0.15) is 0 Å². The molecule has 0 aromatic heterocycles. The van der Waals surface area contributed by atoms with Gasteiger partial charge < -0.3 is 15.7 Å². The second-order valence-corrected chi connectivity index (χ2v) is 5.05. The number of carboxylic acids is 1. The Kier molecular flexibility index (Phi) is 6.01. The van der Waals surface area contributed by atoms with Crippen LogP contribution >= 0.6 is 15.9 Å². The van der Waals surface area contributed by atoms with E-state index in [1.807, 2.05) is 0 Å². The summed E-state index contributed by atoms with van der Waals surface area (Å²) >= 11 is 3.10. The second-order valence-electron chi connectivity index (χ2n) is 4.13. The van der Waals surface area contributed by atoms with Gasteiger partial charge >= 0.3 is 18.2 Å². The molecule has 1 aromatic carbocycles. The fourth-order valence-electron chi connectivity index (χ4n) is 1.45. The molecule has 0 heterocycles. The van der Waals surface area contributed by atoms with E-state index in [4.69, 9.17) is 5.11 Å². The molecule has 116 valence electrons. The lowest BCUT2D eigenvalue weighted by Crippen LogP contribution is -2.30. The van der Waals surface area contributed by atoms with E-state index in [0.29, 0.717) is 4.47 Å². The molecule has 1 rings (SSSR count). The van der Waals surface area contributed by atoms with Gasteiger partial charge in [-0.3, -0.25) is 0 Å². The Balaban J connectivity index is 2.50. The topological polar surface area (TPSA) is 78.4 Å². The lowest BCUT2D eigenvalue weighted by Gasteiger charge is -2.10. The van der Waals surface area contributed by atoms with E-state index in [1.165, 1.54) is 18.2 Å². The number of alkyl halides is 3. The lowest BCUT2D eigenvalue weighted by molar-refractivity contribution is -0.135. The first-order valence-electron chi connectivity index (χ1n) is 5.83. The number of amides is 2. The molecule has 0 saturated heterocycles. The maximum Gasteiger partial charge on any atom is 0.389 e. The summed E-state index contributed by atoms with van der Waals surface area (Å²) in [6.45, 7) is -0.134. The van der Waals surface area contributed by atoms with Crippen LogP contribution in [0.5, 0.6) is 0 Å². The van der Waals surface area contributed by atoms with Crippen LogP contribution in [0.25, 0.3) is 0 Å². The third kappa shape index (κ3) is 6.98. The predicted octanol–water partition coefficient (Wildman–Crippen LogP) is 3.61. The average molecular weight is 369 g/mol. The number of hydrogen-bond acceptors (Lipinski definition) is 2. The molecular formula is C12H12BrF3N2O3. The Hall–Kier alpha value is -1.77. The van der Waals surface area contributed by atoms with E-state index in [9.17, 15) is 22.8 Å². The third-order valence-corrected chi connectivity index (χ3v) is 2.78. The highest BCUT2D eigenvalue weighted by Gasteiger charge is 2.25. The summed E-state index contributed by atoms with van der Waals surface area (Å²) in [5.74, 6) is -1.16. The van der Waals surface area contributed by atoms with Gasteiger partial charge in [0, 0.05) is 23.1 Å². The fourth-order valence-corrected chi connectivity index (χ4v) is 1.94. The smallest absolute Gasteiger partial charge is 0.389 e. The van der Waals surface area contributed by atoms with E-state index >= 15 is 0 Å². The van der Waals surface area contributed by atoms with E-state index < -0.39 is 24.6 Å². The van der Waals surface area contributed by atoms with Crippen molar-refractivity contribution >= 4 is 33.6 Å². The number of hydrogen-bond donors (Lipinski definition) is 3. The molecule has 9 heteroatoms. The van der Waals surface area contributed by atoms with E-state index in [1.54, 1.807) is 0 Å². The van der Waals surface area contributed by atoms with Gasteiger partial charge in [-0.15, -0.1) is 0 Å². The fraction of sp³-hybridized carbons (Fsp3) is 0.333. The van der Waals surface area contributed by atoms with Crippen LogP contribution in [0.2, 0.25) is 0 Å². The molecular weight excluding hydrogens is 357 g/mol. The quantitative estimate of drug-likeness (QED) is 0.694. The Morgan fingerprint density at radius 3 is 2.48 bits per heavy atom. The molecule has 0 aliphatic rings. The summed E-state index contributed by atoms with van der Waals surface area (Å²) in [5.41, 5.74) is 0.187. The van der Waals surface area contributed by atoms with Crippen molar-refractivity contribution in [3.63, 3.8) is 0 Å². The highest BCUT2D eigenvalue weighted by molar-refractivity contribution is 9.10. The highest BCUT2D eigenvalue weighted by Crippen LogP contribution is 2.21. The Morgan fingerprint density at radius 2 is 1.90 bits per heavy atom. The number of carbonyl (C=O) groups excluding carboxylic acids is 1. The number of halogens is 4. The Morgan fingerprint density at radius 1 is 1.24 bits per heavy atom. The van der Waals surface area contributed by atoms with Crippen molar-refractivity contribution < 1.29 is 27.9 Å². The third-order valence-electron chi connectivity index (χ3n) is 2.33. The molecule has 2 amide bonds. The van der Waals surface area contributed by atoms with Gasteiger partial charge in [0.25, 0.3) is 0 Å². The molecule has 0 spiro atoms. The molecule has 21 heavy (non-hydrogen) atoms. The minimum atomic E-state index is -4.25. The number of carbonyl (C=O) groups is 2. The Bertz CT molecular complexity index is 535. The lowest BCUT2D eigenvalue weighted by atomic mass is 10.2. The summed E-state index contributed by atoms with van der Waals surface area (Å²) in [7, 11) is 0. The van der Waals surface area contributed by atoms with Gasteiger partial charge in [0.05, 0.1) is 5.56 Å². The van der Waals surface area contributed by atoms with Crippen LogP contribution in [0.15, 0.2) is 22.7 Å². The van der Waals surface area contributed by atoms with Gasteiger partial charge in [-0.05, 0) is 24.6 Å². The number of anilines is 1. The van der Waals surface area contributed by atoms with Gasteiger partial charge in [0.2, 0.25) is 0 Å². The predicted molar refractivity (Wildman–Crippen MR) is 73.4 cm³/mol. The summed E-state index contributed by atoms with van der Waals surface area (Å²) in [4.78, 5) is 22.3. The monoisotopic (exact) mass is 368 g/mol. The number of aromatic carboxylic acids is 1. The number of urea groups is 1. The van der Waals surface area contributed by atoms with Crippen LogP contribution in [0.1, 0.15) is 23.2 Å². The normalized spacial score (nSPS) is 11.0. The van der Waals surface area contributed by atoms with Gasteiger partial charge in [-0.2, -0.15) is 13.2 Å². The number of carboxylic acid groups (broad SMARTS) is 1. The van der Waals surface area contributed by atoms with Crippen molar-refractivity contribution in [3.05, 3.63) is 28.2 Å². The molecule has 1 aromatic rings. The zero-order valence-electron chi connectivity index (χ0n) is 10.6. The summed E-state index contributed by atoms with van der Waals surface area (Å²) in [6.07, 6.45) is -5.46. The molecule has 0 bridgehead atoms. The molecule has 0 aliphatic carbocycles. The number of benzene rings is 1. The number of nitrogens with one attached hydrogen (secondary N) is 2. The maximum absolute atomic E-state index is 11.9. The standard InChI is InChI=1S/C12H12BrF3N2O3/c13-8-4-7(10(19)20)5-9(6-8)18-11(21)17-3-1-2-12(14,15)16/h4-6H,1-3H2,(H,19,20)(H2,17,18,21). The molecule has 0 unspecified atom stereocenters. The minimum absolute atomic E-state index is 0.0308. The van der Waals surface area contributed by atoms with Crippen LogP contribution in [0.3, 0.4) is 0 Å². The maximum atomic E-state index is 11.9. The van der Waals surface area contributed by atoms with E-state index in [0.717, 1.165) is 0 Å². The Labute approximate surface area is 126 Å². The second kappa shape index (κ2) is 7.30. The van der Waals surface area contributed by atoms with Crippen molar-refractivity contribution in [1.29, 1.82) is 0 Å². The first kappa shape index (κ1) is 17.3. The SMILES string of the molecule is O=C(NCCCC(F)(F)F)Nc1cc(Br)cc(C(=O)O)c1. The van der Waals surface area contributed by atoms with E-state index in [2.05, 4.69) is 26.6 Å². The zero-order valence-corrected chi connectivity index (χ0v) is 12.2. The van der Waals surface area contributed by atoms with Gasteiger partial charge in [-0.1, -0.05) is 15.9 Å². The minimum Gasteiger partial charge on any atom is -0.478 e. The van der Waals surface area contributed by atoms with Crippen LogP contribution in [0, 0.1) is 0 Å². The molecule has 0 radical (unpaired) electrons. The van der Waals surface area contributed by atoms with Crippen LogP contribution in [0.4, 0.5) is 23.7 Å². The first-order chi connectivity index (χ1) is 9.67. The summed E-state index contributed by atoms with van der Waals surface area (Å²) in [6, 6.07) is 3.37. The van der Waals surface area contributed by atoms with Gasteiger partial charge in [-0.25, -0.2) is 9.59 Å². The van der Waals surface area contributed by atoms with Crippen molar-refractivity contribution in [3.8, 4) is 0 Å². The number of rotatable bonds is 5. The van der Waals surface area contributed by atoms with Crippen LogP contribution in [-0.4, -0.2) is 29.8 Å². The molecule has 0 atom stereocenters. The van der Waals surface area contributed by atoms with Crippen molar-refractivity contribution in [2.75, 3.05) is 11.9 Å². The average Bonchev–Trinajstić information content (AvgIpc) is 2.32. The first-order valence-corrected chi connectivity index (χ1v) is 6.62. The van der Waals surface area contributed by atoms with Crippen LogP contribution < -0.4 is 10.6 Å². The van der Waals surface area contributed by atoms with E-state index in [-0.39, 0.29) is 24.2 Å². The van der Waals surface area contributed by atoms with Crippen LogP contribution in [-0.2, 0) is 0 Å². The largest absolute Gasteiger partial charge is 0.478 e. The molecule has 5 nitrogen and oxygen atoms in total. The molecule has 3 N–H and O–H groups in total. The van der Waals surface area contributed by atoms with Crippen molar-refractivity contribution in [2.45, 2.75) is 19.0 Å². The van der Waals surface area contributed by atoms with Gasteiger partial charge in [0.15, 0.2) is 0 Å². The molecule has 0 fully saturated rings. The van der Waals surface area contributed by atoms with Crippen molar-refractivity contribution in [2.24, 2.45) is 0 Å².